The van der Waals surface area contributed by atoms with Gasteiger partial charge in [-0.05, 0) is 105 Å². The Morgan fingerprint density at radius 3 is 2.20 bits per heavy atom. The van der Waals surface area contributed by atoms with E-state index in [1.807, 2.05) is 17.5 Å². The molecule has 4 aromatic carbocycles. The minimum Gasteiger partial charge on any atom is -0.255 e. The van der Waals surface area contributed by atoms with Crippen LogP contribution in [0, 0.1) is 19.3 Å². The molecule has 6 aromatic rings. The first-order valence-electron chi connectivity index (χ1n) is 14.7. The Labute approximate surface area is 248 Å². The van der Waals surface area contributed by atoms with Crippen LogP contribution in [-0.4, -0.2) is 4.98 Å². The molecule has 41 heavy (non-hydrogen) atoms. The van der Waals surface area contributed by atoms with Gasteiger partial charge in [0.05, 0.1) is 10.4 Å². The van der Waals surface area contributed by atoms with Crippen molar-refractivity contribution in [3.8, 4) is 32.8 Å². The number of thiophene rings is 1. The molecular weight excluding hydrogens is 515 g/mol. The van der Waals surface area contributed by atoms with Crippen molar-refractivity contribution in [3.05, 3.63) is 113 Å². The van der Waals surface area contributed by atoms with Crippen LogP contribution in [0.2, 0.25) is 0 Å². The van der Waals surface area contributed by atoms with Gasteiger partial charge in [-0.25, -0.2) is 0 Å². The Bertz CT molecular complexity index is 1870. The third-order valence-corrected chi connectivity index (χ3v) is 9.37. The van der Waals surface area contributed by atoms with Crippen molar-refractivity contribution in [3.63, 3.8) is 0 Å². The van der Waals surface area contributed by atoms with Gasteiger partial charge in [0.25, 0.3) is 0 Å². The van der Waals surface area contributed by atoms with Crippen molar-refractivity contribution in [1.82, 2.24) is 4.98 Å². The first-order chi connectivity index (χ1) is 19.6. The fourth-order valence-electron chi connectivity index (χ4n) is 6.15. The molecule has 206 valence electrons. The van der Waals surface area contributed by atoms with E-state index in [9.17, 15) is 0 Å². The predicted octanol–water partition coefficient (Wildman–Crippen LogP) is 11.8. The number of aromatic nitrogens is 1. The van der Waals surface area contributed by atoms with Crippen LogP contribution < -0.4 is 0 Å². The number of fused-ring (bicyclic) bond motifs is 2. The van der Waals surface area contributed by atoms with Gasteiger partial charge in [0, 0.05) is 16.6 Å². The van der Waals surface area contributed by atoms with Crippen molar-refractivity contribution < 1.29 is 0 Å². The number of benzene rings is 4. The van der Waals surface area contributed by atoms with Crippen molar-refractivity contribution >= 4 is 32.2 Å². The highest BCUT2D eigenvalue weighted by atomic mass is 32.1. The molecule has 0 aliphatic rings. The molecule has 0 spiro atoms. The third kappa shape index (κ3) is 5.34. The summed E-state index contributed by atoms with van der Waals surface area (Å²) >= 11 is 1.88. The van der Waals surface area contributed by atoms with Crippen LogP contribution in [0.15, 0.2) is 91.1 Å². The standard InChI is InChI=1S/C39H39NS/c1-24(2)33-22-31(21-30-19-25(3)20-34(35(30)33)28-11-9-8-10-12-28)36-38-32(17-18-40-36)26(4)37(41-38)29-15-13-27(14-16-29)23-39(5,6)7/h8-22,24H,23H2,1-7H3. The fraction of sp³-hybridized carbons (Fsp3) is 0.256. The predicted molar refractivity (Wildman–Crippen MR) is 180 cm³/mol. The Kier molecular flexibility index (Phi) is 7.08. The van der Waals surface area contributed by atoms with E-state index in [1.165, 1.54) is 70.2 Å². The number of rotatable bonds is 5. The zero-order valence-corrected chi connectivity index (χ0v) is 26.1. The highest BCUT2D eigenvalue weighted by Gasteiger charge is 2.19. The van der Waals surface area contributed by atoms with Gasteiger partial charge in [-0.3, -0.25) is 4.98 Å². The lowest BCUT2D eigenvalue weighted by atomic mass is 9.87. The molecule has 2 heteroatoms. The normalized spacial score (nSPS) is 12.1. The summed E-state index contributed by atoms with van der Waals surface area (Å²) in [5.74, 6) is 0.383. The molecule has 0 aliphatic carbocycles. The van der Waals surface area contributed by atoms with Crippen LogP contribution >= 0.6 is 11.3 Å². The minimum absolute atomic E-state index is 0.282. The molecule has 1 nitrogen and oxygen atoms in total. The molecule has 2 heterocycles. The molecule has 0 aliphatic heterocycles. The quantitative estimate of drug-likeness (QED) is 0.207. The van der Waals surface area contributed by atoms with Crippen LogP contribution in [0.4, 0.5) is 0 Å². The average molecular weight is 554 g/mol. The van der Waals surface area contributed by atoms with Crippen molar-refractivity contribution in [1.29, 1.82) is 0 Å². The highest BCUT2D eigenvalue weighted by Crippen LogP contribution is 2.44. The van der Waals surface area contributed by atoms with E-state index in [0.717, 1.165) is 12.1 Å². The second-order valence-electron chi connectivity index (χ2n) is 13.0. The van der Waals surface area contributed by atoms with Crippen LogP contribution in [0.25, 0.3) is 53.7 Å². The van der Waals surface area contributed by atoms with Gasteiger partial charge in [0.15, 0.2) is 0 Å². The van der Waals surface area contributed by atoms with E-state index in [2.05, 4.69) is 133 Å². The summed E-state index contributed by atoms with van der Waals surface area (Å²) in [5, 5.41) is 3.94. The summed E-state index contributed by atoms with van der Waals surface area (Å²) in [5.41, 5.74) is 11.8. The molecular formula is C39H39NS. The average Bonchev–Trinajstić information content (AvgIpc) is 3.28. The summed E-state index contributed by atoms with van der Waals surface area (Å²) in [4.78, 5) is 6.34. The number of pyridine rings is 1. The molecule has 0 bridgehead atoms. The Morgan fingerprint density at radius 2 is 1.51 bits per heavy atom. The number of aryl methyl sites for hydroxylation is 2. The maximum atomic E-state index is 5.00. The van der Waals surface area contributed by atoms with E-state index in [0.29, 0.717) is 5.92 Å². The molecule has 2 aromatic heterocycles. The van der Waals surface area contributed by atoms with Crippen molar-refractivity contribution in [2.45, 2.75) is 60.8 Å². The number of nitrogens with zero attached hydrogens (tertiary/aromatic N) is 1. The van der Waals surface area contributed by atoms with E-state index in [4.69, 9.17) is 4.98 Å². The lowest BCUT2D eigenvalue weighted by Gasteiger charge is -2.18. The maximum Gasteiger partial charge on any atom is 0.0880 e. The van der Waals surface area contributed by atoms with Gasteiger partial charge in [0.1, 0.15) is 0 Å². The second-order valence-corrected chi connectivity index (χ2v) is 14.0. The second kappa shape index (κ2) is 10.6. The maximum absolute atomic E-state index is 5.00. The minimum atomic E-state index is 0.282. The summed E-state index contributed by atoms with van der Waals surface area (Å²) in [6.45, 7) is 16.0. The Hall–Kier alpha value is -3.75. The van der Waals surface area contributed by atoms with Crippen molar-refractivity contribution in [2.24, 2.45) is 5.41 Å². The van der Waals surface area contributed by atoms with Gasteiger partial charge in [-0.2, -0.15) is 0 Å². The molecule has 0 atom stereocenters. The third-order valence-electron chi connectivity index (χ3n) is 8.01. The number of hydrogen-bond donors (Lipinski definition) is 0. The zero-order valence-electron chi connectivity index (χ0n) is 25.3. The monoisotopic (exact) mass is 553 g/mol. The molecule has 0 N–H and O–H groups in total. The molecule has 0 saturated carbocycles. The lowest BCUT2D eigenvalue weighted by Crippen LogP contribution is -2.08. The Balaban J connectivity index is 1.52. The van der Waals surface area contributed by atoms with E-state index in [-0.39, 0.29) is 5.41 Å². The fourth-order valence-corrected chi connectivity index (χ4v) is 7.47. The summed E-state index contributed by atoms with van der Waals surface area (Å²) in [7, 11) is 0. The SMILES string of the molecule is Cc1cc(-c2ccccc2)c2c(C(C)C)cc(-c3nccc4c(C)c(-c5ccc(CC(C)(C)C)cc5)sc34)cc2c1. The molecule has 0 amide bonds. The van der Waals surface area contributed by atoms with Crippen LogP contribution in [-0.2, 0) is 6.42 Å². The Morgan fingerprint density at radius 1 is 0.780 bits per heavy atom. The molecule has 0 unspecified atom stereocenters. The largest absolute Gasteiger partial charge is 0.255 e. The lowest BCUT2D eigenvalue weighted by molar-refractivity contribution is 0.411. The highest BCUT2D eigenvalue weighted by molar-refractivity contribution is 7.23. The summed E-state index contributed by atoms with van der Waals surface area (Å²) < 4.78 is 1.27. The molecule has 6 rings (SSSR count). The van der Waals surface area contributed by atoms with Gasteiger partial charge < -0.3 is 0 Å². The van der Waals surface area contributed by atoms with Crippen LogP contribution in [0.1, 0.15) is 62.8 Å². The number of hydrogen-bond acceptors (Lipinski definition) is 2. The van der Waals surface area contributed by atoms with E-state index < -0.39 is 0 Å². The molecule has 0 fully saturated rings. The van der Waals surface area contributed by atoms with Gasteiger partial charge in [-0.1, -0.05) is 101 Å². The summed E-state index contributed by atoms with van der Waals surface area (Å²) in [6.07, 6.45) is 3.07. The van der Waals surface area contributed by atoms with E-state index in [1.54, 1.807) is 0 Å². The zero-order chi connectivity index (χ0) is 28.9. The smallest absolute Gasteiger partial charge is 0.0880 e. The van der Waals surface area contributed by atoms with Gasteiger partial charge in [0.2, 0.25) is 0 Å². The van der Waals surface area contributed by atoms with Crippen LogP contribution in [0.3, 0.4) is 0 Å². The molecule has 0 radical (unpaired) electrons. The first-order valence-corrected chi connectivity index (χ1v) is 15.5. The van der Waals surface area contributed by atoms with Gasteiger partial charge >= 0.3 is 0 Å². The first kappa shape index (κ1) is 27.4. The van der Waals surface area contributed by atoms with Gasteiger partial charge in [-0.15, -0.1) is 11.3 Å². The summed E-state index contributed by atoms with van der Waals surface area (Å²) in [6, 6.07) is 31.6. The van der Waals surface area contributed by atoms with Crippen LogP contribution in [0.5, 0.6) is 0 Å². The topological polar surface area (TPSA) is 12.9 Å². The van der Waals surface area contributed by atoms with E-state index >= 15 is 0 Å². The molecule has 0 saturated heterocycles. The van der Waals surface area contributed by atoms with Crippen molar-refractivity contribution in [2.75, 3.05) is 0 Å².